The van der Waals surface area contributed by atoms with Crippen LogP contribution in [0.2, 0.25) is 0 Å². The highest BCUT2D eigenvalue weighted by Gasteiger charge is 2.47. The second-order valence-corrected chi connectivity index (χ2v) is 7.29. The van der Waals surface area contributed by atoms with E-state index in [0.29, 0.717) is 5.92 Å². The van der Waals surface area contributed by atoms with Crippen LogP contribution in [-0.2, 0) is 4.79 Å². The van der Waals surface area contributed by atoms with Gasteiger partial charge in [-0.1, -0.05) is 26.7 Å². The van der Waals surface area contributed by atoms with Gasteiger partial charge < -0.3 is 16.0 Å². The maximum atomic E-state index is 12.1. The van der Waals surface area contributed by atoms with Crippen molar-refractivity contribution in [2.45, 2.75) is 71.4 Å². The number of primary amides is 1. The maximum absolute atomic E-state index is 12.1. The molecule has 0 bridgehead atoms. The molecular formula is C17H35N3O. The molecule has 1 fully saturated rings. The number of nitrogens with one attached hydrogen (secondary N) is 1. The van der Waals surface area contributed by atoms with Gasteiger partial charge in [0, 0.05) is 12.6 Å². The van der Waals surface area contributed by atoms with Gasteiger partial charge >= 0.3 is 0 Å². The van der Waals surface area contributed by atoms with E-state index < -0.39 is 5.54 Å². The maximum Gasteiger partial charge on any atom is 0.238 e. The Labute approximate surface area is 130 Å². The molecule has 1 saturated carbocycles. The number of hydrogen-bond acceptors (Lipinski definition) is 3. The Hall–Kier alpha value is -0.610. The zero-order valence-corrected chi connectivity index (χ0v) is 14.6. The van der Waals surface area contributed by atoms with Gasteiger partial charge in [-0.05, 0) is 58.5 Å². The summed E-state index contributed by atoms with van der Waals surface area (Å²) < 4.78 is 0. The number of hydrogen-bond donors (Lipinski definition) is 2. The van der Waals surface area contributed by atoms with Crippen LogP contribution in [0.15, 0.2) is 0 Å². The van der Waals surface area contributed by atoms with Gasteiger partial charge in [0.05, 0.1) is 0 Å². The minimum atomic E-state index is -0.481. The van der Waals surface area contributed by atoms with Crippen LogP contribution in [-0.4, -0.2) is 42.5 Å². The highest BCUT2D eigenvalue weighted by atomic mass is 16.1. The first-order chi connectivity index (χ1) is 9.81. The zero-order valence-electron chi connectivity index (χ0n) is 14.6. The molecule has 0 saturated heterocycles. The molecule has 0 aromatic heterocycles. The Balaban J connectivity index is 2.61. The van der Waals surface area contributed by atoms with Crippen molar-refractivity contribution in [3.05, 3.63) is 0 Å². The van der Waals surface area contributed by atoms with E-state index in [1.54, 1.807) is 0 Å². The average molecular weight is 297 g/mol. The summed E-state index contributed by atoms with van der Waals surface area (Å²) >= 11 is 0. The Bertz CT molecular complexity index is 332. The molecule has 0 radical (unpaired) electrons. The monoisotopic (exact) mass is 297 g/mol. The summed E-state index contributed by atoms with van der Waals surface area (Å²) in [4.78, 5) is 14.5. The van der Waals surface area contributed by atoms with Crippen molar-refractivity contribution in [3.8, 4) is 0 Å². The summed E-state index contributed by atoms with van der Waals surface area (Å²) in [6, 6.07) is 0.288. The summed E-state index contributed by atoms with van der Waals surface area (Å²) in [5.74, 6) is 0.938. The van der Waals surface area contributed by atoms with Crippen molar-refractivity contribution in [2.24, 2.45) is 17.6 Å². The molecule has 0 spiro atoms. The van der Waals surface area contributed by atoms with Crippen molar-refractivity contribution in [3.63, 3.8) is 0 Å². The lowest BCUT2D eigenvalue weighted by Gasteiger charge is -2.36. The summed E-state index contributed by atoms with van der Waals surface area (Å²) in [5, 5.41) is 3.49. The number of rotatable bonds is 9. The number of nitrogens with two attached hydrogens (primary N) is 1. The third-order valence-electron chi connectivity index (χ3n) is 4.99. The average Bonchev–Trinajstić information content (AvgIpc) is 2.79. The van der Waals surface area contributed by atoms with Crippen LogP contribution in [0.4, 0.5) is 0 Å². The molecule has 0 aromatic carbocycles. The van der Waals surface area contributed by atoms with Gasteiger partial charge in [-0.3, -0.25) is 4.79 Å². The van der Waals surface area contributed by atoms with Gasteiger partial charge in [0.2, 0.25) is 5.91 Å². The van der Waals surface area contributed by atoms with Gasteiger partial charge in [-0.15, -0.1) is 0 Å². The van der Waals surface area contributed by atoms with Crippen LogP contribution in [0, 0.1) is 11.8 Å². The standard InChI is InChI=1S/C17H35N3O/c1-6-14(4)12-20(5)11-9-15-8-7-10-17(15,16(18)21)19-13(2)3/h13-15,19H,6-12H2,1-5H3,(H2,18,21). The van der Waals surface area contributed by atoms with Crippen molar-refractivity contribution in [1.82, 2.24) is 10.2 Å². The van der Waals surface area contributed by atoms with Gasteiger partial charge in [-0.2, -0.15) is 0 Å². The quantitative estimate of drug-likeness (QED) is 0.687. The second-order valence-electron chi connectivity index (χ2n) is 7.29. The molecule has 1 rings (SSSR count). The third-order valence-corrected chi connectivity index (χ3v) is 4.99. The van der Waals surface area contributed by atoms with E-state index in [0.717, 1.165) is 44.7 Å². The third kappa shape index (κ3) is 4.96. The van der Waals surface area contributed by atoms with E-state index in [2.05, 4.69) is 45.0 Å². The molecule has 124 valence electrons. The molecule has 3 atom stereocenters. The van der Waals surface area contributed by atoms with E-state index in [9.17, 15) is 4.79 Å². The summed E-state index contributed by atoms with van der Waals surface area (Å²) in [6.45, 7) is 10.9. The molecule has 3 N–H and O–H groups in total. The van der Waals surface area contributed by atoms with E-state index in [-0.39, 0.29) is 11.9 Å². The van der Waals surface area contributed by atoms with Crippen molar-refractivity contribution in [1.29, 1.82) is 0 Å². The highest BCUT2D eigenvalue weighted by molar-refractivity contribution is 5.85. The minimum absolute atomic E-state index is 0.164. The van der Waals surface area contributed by atoms with Crippen molar-refractivity contribution < 1.29 is 4.79 Å². The number of amides is 1. The van der Waals surface area contributed by atoms with Crippen LogP contribution in [0.1, 0.15) is 59.8 Å². The molecular weight excluding hydrogens is 262 g/mol. The Morgan fingerprint density at radius 1 is 1.43 bits per heavy atom. The fourth-order valence-electron chi connectivity index (χ4n) is 3.70. The molecule has 0 aliphatic heterocycles. The van der Waals surface area contributed by atoms with Gasteiger partial charge in [-0.25, -0.2) is 0 Å². The van der Waals surface area contributed by atoms with Crippen molar-refractivity contribution >= 4 is 5.91 Å². The summed E-state index contributed by atoms with van der Waals surface area (Å²) in [5.41, 5.74) is 5.28. The molecule has 21 heavy (non-hydrogen) atoms. The van der Waals surface area contributed by atoms with Crippen LogP contribution >= 0.6 is 0 Å². The lowest BCUT2D eigenvalue weighted by molar-refractivity contribution is -0.126. The lowest BCUT2D eigenvalue weighted by Crippen LogP contribution is -2.60. The SMILES string of the molecule is CCC(C)CN(C)CCC1CCCC1(NC(C)C)C(N)=O. The van der Waals surface area contributed by atoms with Crippen LogP contribution in [0.5, 0.6) is 0 Å². The lowest BCUT2D eigenvalue weighted by atomic mass is 9.83. The van der Waals surface area contributed by atoms with Crippen LogP contribution < -0.4 is 11.1 Å². The van der Waals surface area contributed by atoms with Gasteiger partial charge in [0.1, 0.15) is 5.54 Å². The van der Waals surface area contributed by atoms with E-state index in [1.807, 2.05) is 0 Å². The molecule has 1 aliphatic rings. The van der Waals surface area contributed by atoms with Crippen molar-refractivity contribution in [2.75, 3.05) is 20.1 Å². The molecule has 4 nitrogen and oxygen atoms in total. The van der Waals surface area contributed by atoms with Gasteiger partial charge in [0.25, 0.3) is 0 Å². The number of carbonyl (C=O) groups is 1. The first-order valence-electron chi connectivity index (χ1n) is 8.58. The summed E-state index contributed by atoms with van der Waals surface area (Å²) in [7, 11) is 2.18. The highest BCUT2D eigenvalue weighted by Crippen LogP contribution is 2.38. The molecule has 1 aliphatic carbocycles. The van der Waals surface area contributed by atoms with Crippen LogP contribution in [0.3, 0.4) is 0 Å². The number of nitrogens with zero attached hydrogens (tertiary/aromatic N) is 1. The second kappa shape index (κ2) is 8.14. The Morgan fingerprint density at radius 3 is 2.62 bits per heavy atom. The zero-order chi connectivity index (χ0) is 16.0. The van der Waals surface area contributed by atoms with E-state index in [4.69, 9.17) is 5.73 Å². The molecule has 4 heteroatoms. The first-order valence-corrected chi connectivity index (χ1v) is 8.58. The fourth-order valence-corrected chi connectivity index (χ4v) is 3.70. The normalized spacial score (nSPS) is 27.5. The molecule has 1 amide bonds. The largest absolute Gasteiger partial charge is 0.368 e. The molecule has 0 aromatic rings. The summed E-state index contributed by atoms with van der Waals surface area (Å²) in [6.07, 6.45) is 5.37. The molecule has 0 heterocycles. The van der Waals surface area contributed by atoms with Gasteiger partial charge in [0.15, 0.2) is 0 Å². The Morgan fingerprint density at radius 2 is 2.10 bits per heavy atom. The van der Waals surface area contributed by atoms with Crippen LogP contribution in [0.25, 0.3) is 0 Å². The smallest absolute Gasteiger partial charge is 0.238 e. The first kappa shape index (κ1) is 18.4. The predicted octanol–water partition coefficient (Wildman–Crippen LogP) is 2.38. The fraction of sp³-hybridized carbons (Fsp3) is 0.941. The van der Waals surface area contributed by atoms with E-state index >= 15 is 0 Å². The van der Waals surface area contributed by atoms with E-state index in [1.165, 1.54) is 6.42 Å². The topological polar surface area (TPSA) is 58.4 Å². The predicted molar refractivity (Wildman–Crippen MR) is 89.1 cm³/mol. The minimum Gasteiger partial charge on any atom is -0.368 e. The molecule has 3 unspecified atom stereocenters. The Kier molecular flexibility index (Phi) is 7.14. The number of carbonyl (C=O) groups excluding carboxylic acids is 1.